The second kappa shape index (κ2) is 7.55. The van der Waals surface area contributed by atoms with E-state index in [0.29, 0.717) is 0 Å². The van der Waals surface area contributed by atoms with Crippen LogP contribution >= 0.6 is 0 Å². The first kappa shape index (κ1) is 18.1. The van der Waals surface area contributed by atoms with Gasteiger partial charge >= 0.3 is 0 Å². The molecule has 4 heteroatoms. The molecule has 3 aromatic carbocycles. The third-order valence-electron chi connectivity index (χ3n) is 6.28. The van der Waals surface area contributed by atoms with Crippen LogP contribution in [0.2, 0.25) is 0 Å². The van der Waals surface area contributed by atoms with Crippen LogP contribution in [0.3, 0.4) is 0 Å². The first-order valence-electron chi connectivity index (χ1n) is 11.0. The van der Waals surface area contributed by atoms with Crippen molar-refractivity contribution >= 4 is 27.6 Å². The van der Waals surface area contributed by atoms with Crippen molar-refractivity contribution in [2.75, 3.05) is 18.0 Å². The van der Waals surface area contributed by atoms with Gasteiger partial charge in [-0.25, -0.2) is 9.97 Å². The smallest absolute Gasteiger partial charge is 0.139 e. The van der Waals surface area contributed by atoms with Crippen molar-refractivity contribution in [3.05, 3.63) is 85.2 Å². The van der Waals surface area contributed by atoms with Gasteiger partial charge < -0.3 is 4.90 Å². The summed E-state index contributed by atoms with van der Waals surface area (Å²) < 4.78 is 2.09. The van der Waals surface area contributed by atoms with Gasteiger partial charge in [0.1, 0.15) is 12.1 Å². The number of benzene rings is 3. The molecule has 0 bridgehead atoms. The highest BCUT2D eigenvalue weighted by atomic mass is 15.2. The van der Waals surface area contributed by atoms with Gasteiger partial charge in [-0.2, -0.15) is 0 Å². The maximum absolute atomic E-state index is 5.10. The van der Waals surface area contributed by atoms with Crippen LogP contribution < -0.4 is 4.90 Å². The number of hydrogen-bond acceptors (Lipinski definition) is 3. The van der Waals surface area contributed by atoms with Gasteiger partial charge in [0.2, 0.25) is 0 Å². The molecule has 0 spiro atoms. The van der Waals surface area contributed by atoms with E-state index in [4.69, 9.17) is 4.98 Å². The summed E-state index contributed by atoms with van der Waals surface area (Å²) in [4.78, 5) is 12.3. The van der Waals surface area contributed by atoms with Crippen LogP contribution in [0.1, 0.15) is 19.3 Å². The number of fused-ring (bicyclic) bond motifs is 2. The number of para-hydroxylation sites is 1. The number of aromatic nitrogens is 3. The highest BCUT2D eigenvalue weighted by Crippen LogP contribution is 2.30. The quantitative estimate of drug-likeness (QED) is 0.357. The standard InChI is InChI=1S/C27H24N4/c1-3-8-20(9-4-1)22-12-14-24-23(18-22)28-19-31(24)26-15-13-21-10-7-11-25(27(21)29-26)30-16-5-2-6-17-30/h1,3-4,7-15,18-19H,2,5-6,16-17H2. The normalized spacial score (nSPS) is 14.4. The summed E-state index contributed by atoms with van der Waals surface area (Å²) in [6.45, 7) is 2.22. The third kappa shape index (κ3) is 3.25. The Bertz CT molecular complexity index is 1360. The minimum absolute atomic E-state index is 0.909. The zero-order chi connectivity index (χ0) is 20.6. The van der Waals surface area contributed by atoms with Crippen LogP contribution in [-0.4, -0.2) is 27.6 Å². The Labute approximate surface area is 181 Å². The highest BCUT2D eigenvalue weighted by molar-refractivity contribution is 5.92. The Morgan fingerprint density at radius 2 is 1.58 bits per heavy atom. The summed E-state index contributed by atoms with van der Waals surface area (Å²) in [5.41, 5.74) is 6.75. The average Bonchev–Trinajstić information content (AvgIpc) is 3.28. The highest BCUT2D eigenvalue weighted by Gasteiger charge is 2.15. The van der Waals surface area contributed by atoms with Crippen molar-refractivity contribution < 1.29 is 0 Å². The van der Waals surface area contributed by atoms with Gasteiger partial charge in [0.25, 0.3) is 0 Å². The van der Waals surface area contributed by atoms with E-state index in [1.54, 1.807) is 0 Å². The second-order valence-electron chi connectivity index (χ2n) is 8.25. The summed E-state index contributed by atoms with van der Waals surface area (Å²) in [7, 11) is 0. The zero-order valence-corrected chi connectivity index (χ0v) is 17.4. The van der Waals surface area contributed by atoms with Gasteiger partial charge in [0.15, 0.2) is 0 Å². The molecule has 152 valence electrons. The minimum Gasteiger partial charge on any atom is -0.370 e. The molecule has 5 aromatic rings. The van der Waals surface area contributed by atoms with E-state index in [-0.39, 0.29) is 0 Å². The lowest BCUT2D eigenvalue weighted by Crippen LogP contribution is -2.29. The summed E-state index contributed by atoms with van der Waals surface area (Å²) in [5, 5.41) is 1.18. The van der Waals surface area contributed by atoms with Crippen molar-refractivity contribution in [2.45, 2.75) is 19.3 Å². The predicted molar refractivity (Wildman–Crippen MR) is 128 cm³/mol. The second-order valence-corrected chi connectivity index (χ2v) is 8.25. The Morgan fingerprint density at radius 3 is 2.45 bits per heavy atom. The number of rotatable bonds is 3. The van der Waals surface area contributed by atoms with Gasteiger partial charge in [-0.1, -0.05) is 48.5 Å². The Morgan fingerprint density at radius 1 is 0.710 bits per heavy atom. The van der Waals surface area contributed by atoms with Crippen LogP contribution in [0.4, 0.5) is 5.69 Å². The number of pyridine rings is 1. The Kier molecular flexibility index (Phi) is 4.42. The van der Waals surface area contributed by atoms with E-state index in [1.165, 1.54) is 41.5 Å². The molecule has 0 N–H and O–H groups in total. The van der Waals surface area contributed by atoms with E-state index in [0.717, 1.165) is 35.5 Å². The molecule has 0 saturated carbocycles. The van der Waals surface area contributed by atoms with Gasteiger partial charge in [0, 0.05) is 18.5 Å². The number of nitrogens with zero attached hydrogens (tertiary/aromatic N) is 4. The molecule has 0 amide bonds. The lowest BCUT2D eigenvalue weighted by molar-refractivity contribution is 0.579. The Hall–Kier alpha value is -3.66. The molecule has 0 atom stereocenters. The summed E-state index contributed by atoms with van der Waals surface area (Å²) in [6, 6.07) is 27.7. The maximum Gasteiger partial charge on any atom is 0.139 e. The van der Waals surface area contributed by atoms with Crippen molar-refractivity contribution in [3.8, 4) is 16.9 Å². The fourth-order valence-corrected chi connectivity index (χ4v) is 4.65. The molecule has 0 aliphatic carbocycles. The zero-order valence-electron chi connectivity index (χ0n) is 17.4. The topological polar surface area (TPSA) is 34.0 Å². The predicted octanol–water partition coefficient (Wildman–Crippen LogP) is 6.23. The number of piperidine rings is 1. The largest absolute Gasteiger partial charge is 0.370 e. The molecular formula is C27H24N4. The molecule has 3 heterocycles. The molecule has 2 aromatic heterocycles. The lowest BCUT2D eigenvalue weighted by Gasteiger charge is -2.29. The summed E-state index contributed by atoms with van der Waals surface area (Å²) in [5.74, 6) is 0.909. The van der Waals surface area contributed by atoms with E-state index in [1.807, 2.05) is 12.4 Å². The molecule has 4 nitrogen and oxygen atoms in total. The van der Waals surface area contributed by atoms with Crippen LogP contribution in [-0.2, 0) is 0 Å². The summed E-state index contributed by atoms with van der Waals surface area (Å²) >= 11 is 0. The molecule has 0 radical (unpaired) electrons. The first-order valence-corrected chi connectivity index (χ1v) is 11.0. The number of anilines is 1. The van der Waals surface area contributed by atoms with Crippen LogP contribution in [0.25, 0.3) is 38.9 Å². The van der Waals surface area contributed by atoms with Gasteiger partial charge in [-0.15, -0.1) is 0 Å². The molecular weight excluding hydrogens is 380 g/mol. The van der Waals surface area contributed by atoms with Crippen molar-refractivity contribution in [1.82, 2.24) is 14.5 Å². The molecule has 6 rings (SSSR count). The first-order chi connectivity index (χ1) is 15.4. The number of imidazole rings is 1. The lowest BCUT2D eigenvalue weighted by atomic mass is 10.1. The average molecular weight is 405 g/mol. The number of hydrogen-bond donors (Lipinski definition) is 0. The van der Waals surface area contributed by atoms with Gasteiger partial charge in [-0.3, -0.25) is 4.57 Å². The monoisotopic (exact) mass is 404 g/mol. The molecule has 0 unspecified atom stereocenters. The van der Waals surface area contributed by atoms with Gasteiger partial charge in [-0.05, 0) is 60.7 Å². The molecule has 1 aliphatic rings. The fourth-order valence-electron chi connectivity index (χ4n) is 4.65. The van der Waals surface area contributed by atoms with E-state index < -0.39 is 0 Å². The molecule has 1 saturated heterocycles. The SMILES string of the molecule is c1ccc(-c2ccc3c(c2)ncn3-c2ccc3cccc(N4CCCCC4)c3n2)cc1. The van der Waals surface area contributed by atoms with E-state index in [9.17, 15) is 0 Å². The van der Waals surface area contributed by atoms with Crippen LogP contribution in [0.5, 0.6) is 0 Å². The fraction of sp³-hybridized carbons (Fsp3) is 0.185. The summed E-state index contributed by atoms with van der Waals surface area (Å²) in [6.07, 6.45) is 5.72. The van der Waals surface area contributed by atoms with Crippen LogP contribution in [0, 0.1) is 0 Å². The third-order valence-corrected chi connectivity index (χ3v) is 6.28. The van der Waals surface area contributed by atoms with E-state index >= 15 is 0 Å². The van der Waals surface area contributed by atoms with Crippen molar-refractivity contribution in [1.29, 1.82) is 0 Å². The maximum atomic E-state index is 5.10. The molecule has 1 aliphatic heterocycles. The molecule has 1 fully saturated rings. The Balaban J connectivity index is 1.44. The van der Waals surface area contributed by atoms with Crippen molar-refractivity contribution in [3.63, 3.8) is 0 Å². The van der Waals surface area contributed by atoms with Crippen LogP contribution in [0.15, 0.2) is 85.2 Å². The van der Waals surface area contributed by atoms with Crippen molar-refractivity contribution in [2.24, 2.45) is 0 Å². The molecule has 31 heavy (non-hydrogen) atoms. The minimum atomic E-state index is 0.909. The van der Waals surface area contributed by atoms with Gasteiger partial charge in [0.05, 0.1) is 22.2 Å². The van der Waals surface area contributed by atoms with E-state index in [2.05, 4.69) is 87.2 Å².